The summed E-state index contributed by atoms with van der Waals surface area (Å²) in [7, 11) is 1.01. The van der Waals surface area contributed by atoms with Crippen molar-refractivity contribution in [1.82, 2.24) is 9.55 Å². The number of fused-ring (bicyclic) bond motifs is 2. The number of imidazole rings is 1. The average molecular weight is 391 g/mol. The van der Waals surface area contributed by atoms with E-state index in [0.29, 0.717) is 5.39 Å². The Balaban J connectivity index is 1.90. The molecule has 0 saturated heterocycles. The molecule has 2 aromatic carbocycles. The van der Waals surface area contributed by atoms with E-state index in [1.165, 1.54) is 6.07 Å². The Morgan fingerprint density at radius 1 is 1.10 bits per heavy atom. The number of hydrogen-bond donors (Lipinski definition) is 2. The summed E-state index contributed by atoms with van der Waals surface area (Å²) in [4.78, 5) is 42.0. The van der Waals surface area contributed by atoms with Crippen LogP contribution in [-0.4, -0.2) is 45.3 Å². The van der Waals surface area contributed by atoms with Crippen molar-refractivity contribution < 1.29 is 24.2 Å². The van der Waals surface area contributed by atoms with Gasteiger partial charge in [-0.3, -0.25) is 15.0 Å². The zero-order chi connectivity index (χ0) is 20.7. The summed E-state index contributed by atoms with van der Waals surface area (Å²) in [6.45, 7) is 0. The molecule has 144 valence electrons. The molecule has 0 saturated carbocycles. The van der Waals surface area contributed by atoms with Crippen LogP contribution in [0.5, 0.6) is 5.88 Å². The highest BCUT2D eigenvalue weighted by atomic mass is 16.5. The van der Waals surface area contributed by atoms with Gasteiger partial charge in [-0.05, 0) is 10.8 Å². The van der Waals surface area contributed by atoms with Crippen molar-refractivity contribution in [1.29, 1.82) is 5.41 Å². The number of carbonyl (C=O) groups excluding carboxylic acids is 3. The van der Waals surface area contributed by atoms with Gasteiger partial charge in [0.25, 0.3) is 17.7 Å². The lowest BCUT2D eigenvalue weighted by atomic mass is 9.88. The molecule has 1 atom stereocenters. The van der Waals surface area contributed by atoms with E-state index in [1.54, 1.807) is 36.4 Å². The van der Waals surface area contributed by atoms with E-state index in [4.69, 9.17) is 5.41 Å². The lowest BCUT2D eigenvalue weighted by molar-refractivity contribution is -0.151. The molecule has 10 heteroatoms. The monoisotopic (exact) mass is 391 g/mol. The smallest absolute Gasteiger partial charge is 0.375 e. The molecule has 3 aromatic rings. The Morgan fingerprint density at radius 3 is 2.55 bits per heavy atom. The van der Waals surface area contributed by atoms with Crippen molar-refractivity contribution in [2.24, 2.45) is 10.2 Å². The number of ketones is 2. The van der Waals surface area contributed by atoms with Crippen LogP contribution in [0.15, 0.2) is 52.7 Å². The van der Waals surface area contributed by atoms with Gasteiger partial charge >= 0.3 is 5.97 Å². The lowest BCUT2D eigenvalue weighted by Gasteiger charge is -2.14. The molecule has 0 spiro atoms. The molecule has 29 heavy (non-hydrogen) atoms. The molecular weight excluding hydrogens is 378 g/mol. The van der Waals surface area contributed by atoms with E-state index >= 15 is 0 Å². The maximum Gasteiger partial charge on any atom is 0.375 e. The van der Waals surface area contributed by atoms with Crippen LogP contribution < -0.4 is 0 Å². The zero-order valence-corrected chi connectivity index (χ0v) is 15.0. The summed E-state index contributed by atoms with van der Waals surface area (Å²) in [5.74, 6) is -6.23. The van der Waals surface area contributed by atoms with Crippen molar-refractivity contribution in [3.63, 3.8) is 0 Å². The van der Waals surface area contributed by atoms with E-state index in [0.717, 1.165) is 17.1 Å². The topological polar surface area (TPSA) is 147 Å². The van der Waals surface area contributed by atoms with E-state index in [9.17, 15) is 19.5 Å². The molecule has 1 unspecified atom stereocenters. The summed E-state index contributed by atoms with van der Waals surface area (Å²) in [5, 5.41) is 26.5. The summed E-state index contributed by atoms with van der Waals surface area (Å²) >= 11 is 0. The number of nitrogens with one attached hydrogen (secondary N) is 1. The number of aromatic nitrogens is 2. The molecule has 0 radical (unpaired) electrons. The summed E-state index contributed by atoms with van der Waals surface area (Å²) in [6, 6.07) is 12.0. The maximum atomic E-state index is 13.4. The van der Waals surface area contributed by atoms with Gasteiger partial charge in [0.15, 0.2) is 5.78 Å². The van der Waals surface area contributed by atoms with Crippen molar-refractivity contribution in [2.45, 2.75) is 5.92 Å². The number of esters is 1. The second-order valence-electron chi connectivity index (χ2n) is 6.16. The third-order valence-corrected chi connectivity index (χ3v) is 4.55. The normalized spacial score (nSPS) is 13.3. The number of Topliss-reactive ketones (excluding diaryl/α,β-unsaturated/α-hetero) is 2. The fourth-order valence-electron chi connectivity index (χ4n) is 3.19. The highest BCUT2D eigenvalue weighted by Crippen LogP contribution is 2.36. The molecule has 10 nitrogen and oxygen atoms in total. The third-order valence-electron chi connectivity index (χ3n) is 4.55. The Kier molecular flexibility index (Phi) is 4.23. The van der Waals surface area contributed by atoms with Gasteiger partial charge in [-0.25, -0.2) is 14.3 Å². The van der Waals surface area contributed by atoms with Crippen LogP contribution in [0.2, 0.25) is 0 Å². The van der Waals surface area contributed by atoms with Crippen molar-refractivity contribution in [3.05, 3.63) is 53.7 Å². The molecule has 1 aliphatic heterocycles. The quantitative estimate of drug-likeness (QED) is 0.295. The molecule has 2 N–H and O–H groups in total. The first-order chi connectivity index (χ1) is 13.9. The molecule has 0 aliphatic carbocycles. The molecule has 1 aliphatic rings. The number of hydrogen-bond acceptors (Lipinski definition) is 8. The van der Waals surface area contributed by atoms with Crippen LogP contribution in [0.3, 0.4) is 0 Å². The van der Waals surface area contributed by atoms with Gasteiger partial charge in [0.1, 0.15) is 11.6 Å². The number of aromatic hydroxyl groups is 1. The van der Waals surface area contributed by atoms with Crippen molar-refractivity contribution in [3.8, 4) is 5.88 Å². The number of carbonyl (C=O) groups is 3. The fourth-order valence-corrected chi connectivity index (χ4v) is 3.19. The van der Waals surface area contributed by atoms with Gasteiger partial charge < -0.3 is 9.84 Å². The fraction of sp³-hybridized carbons (Fsp3) is 0.105. The Labute approximate surface area is 163 Å². The van der Waals surface area contributed by atoms with Gasteiger partial charge in [-0.2, -0.15) is 0 Å². The molecule has 0 fully saturated rings. The Morgan fingerprint density at radius 2 is 1.83 bits per heavy atom. The van der Waals surface area contributed by atoms with Gasteiger partial charge in [0, 0.05) is 5.56 Å². The number of methoxy groups -OCH3 is 1. The summed E-state index contributed by atoms with van der Waals surface area (Å²) in [5.41, 5.74) is -0.216. The van der Waals surface area contributed by atoms with Crippen LogP contribution in [0.25, 0.3) is 10.8 Å². The molecular formula is C19H13N5O5. The number of azo groups is 1. The van der Waals surface area contributed by atoms with Gasteiger partial charge in [0.2, 0.25) is 5.88 Å². The number of nitrogens with zero attached hydrogens (tertiary/aromatic N) is 4. The minimum atomic E-state index is -1.77. The minimum absolute atomic E-state index is 0.170. The van der Waals surface area contributed by atoms with Crippen molar-refractivity contribution >= 4 is 40.2 Å². The van der Waals surface area contributed by atoms with E-state index in [-0.39, 0.29) is 11.5 Å². The zero-order valence-electron chi connectivity index (χ0n) is 15.0. The maximum absolute atomic E-state index is 13.4. The van der Waals surface area contributed by atoms with Crippen LogP contribution >= 0.6 is 0 Å². The van der Waals surface area contributed by atoms with Gasteiger partial charge in [-0.1, -0.05) is 42.5 Å². The van der Waals surface area contributed by atoms with E-state index in [1.807, 2.05) is 0 Å². The van der Waals surface area contributed by atoms with E-state index in [2.05, 4.69) is 19.9 Å². The predicted octanol–water partition coefficient (Wildman–Crippen LogP) is 2.33. The average Bonchev–Trinajstić information content (AvgIpc) is 3.26. The second kappa shape index (κ2) is 6.75. The summed E-state index contributed by atoms with van der Waals surface area (Å²) in [6.07, 6.45) is 0. The molecule has 1 aromatic heterocycles. The first kappa shape index (κ1) is 18.2. The lowest BCUT2D eigenvalue weighted by Crippen LogP contribution is -2.30. The molecule has 0 amide bonds. The first-order valence-electron chi connectivity index (χ1n) is 8.40. The van der Waals surface area contributed by atoms with Crippen LogP contribution in [0.4, 0.5) is 5.95 Å². The molecule has 2 heterocycles. The second-order valence-corrected chi connectivity index (χ2v) is 6.16. The minimum Gasteiger partial charge on any atom is -0.493 e. The van der Waals surface area contributed by atoms with Crippen LogP contribution in [0, 0.1) is 5.41 Å². The Bertz CT molecular complexity index is 1240. The number of rotatable bonds is 5. The standard InChI is InChI=1S/C19H13N5O5/c1-29-17(28)15(26)12(13-16(27)24-18(20)22-23-19(24)21-13)14(25)11-8-4-6-9-5-2-3-7-10(9)11/h2-8,12,20,27H,1H3. The van der Waals surface area contributed by atoms with Crippen LogP contribution in [-0.2, 0) is 14.3 Å². The van der Waals surface area contributed by atoms with E-state index < -0.39 is 41.0 Å². The van der Waals surface area contributed by atoms with Gasteiger partial charge in [-0.15, -0.1) is 10.2 Å². The highest BCUT2D eigenvalue weighted by molar-refractivity contribution is 6.42. The largest absolute Gasteiger partial charge is 0.493 e. The van der Waals surface area contributed by atoms with Crippen molar-refractivity contribution in [2.75, 3.05) is 7.11 Å². The molecule has 4 rings (SSSR count). The number of benzene rings is 2. The van der Waals surface area contributed by atoms with Gasteiger partial charge in [0.05, 0.1) is 7.11 Å². The number of ether oxygens (including phenoxy) is 1. The third kappa shape index (κ3) is 2.78. The first-order valence-corrected chi connectivity index (χ1v) is 8.40. The van der Waals surface area contributed by atoms with Crippen LogP contribution in [0.1, 0.15) is 22.0 Å². The predicted molar refractivity (Wildman–Crippen MR) is 99.6 cm³/mol. The molecule has 0 bridgehead atoms. The Hall–Kier alpha value is -4.21. The SMILES string of the molecule is COC(=O)C(=O)C(C(=O)c1cccc2ccccc12)c1nc2n(c1O)C(=N)N=N2. The highest BCUT2D eigenvalue weighted by Gasteiger charge is 2.41. The summed E-state index contributed by atoms with van der Waals surface area (Å²) < 4.78 is 5.35.